The smallest absolute Gasteiger partial charge is 0.242 e. The lowest BCUT2D eigenvalue weighted by atomic mass is 9.91. The first-order valence-corrected chi connectivity index (χ1v) is 10.0. The van der Waals surface area contributed by atoms with Gasteiger partial charge in [0.2, 0.25) is 11.8 Å². The van der Waals surface area contributed by atoms with Crippen molar-refractivity contribution in [3.8, 4) is 0 Å². The summed E-state index contributed by atoms with van der Waals surface area (Å²) in [5.41, 5.74) is 5.38. The molecule has 0 bridgehead atoms. The van der Waals surface area contributed by atoms with Gasteiger partial charge in [-0.2, -0.15) is 0 Å². The van der Waals surface area contributed by atoms with Crippen molar-refractivity contribution in [3.05, 3.63) is 0 Å². The Balaban J connectivity index is 0.00000338. The molecule has 0 aromatic rings. The average molecular weight is 389 g/mol. The molecular weight excluding hydrogens is 352 g/mol. The van der Waals surface area contributed by atoms with Crippen LogP contribution in [-0.2, 0) is 9.59 Å². The Labute approximate surface area is 164 Å². The van der Waals surface area contributed by atoms with E-state index in [1.165, 1.54) is 25.9 Å². The van der Waals surface area contributed by atoms with Crippen LogP contribution in [0.25, 0.3) is 0 Å². The summed E-state index contributed by atoms with van der Waals surface area (Å²) in [5, 5.41) is 3.08. The lowest BCUT2D eigenvalue weighted by molar-refractivity contribution is -0.140. The molecule has 2 aliphatic rings. The normalized spacial score (nSPS) is 21.1. The maximum absolute atomic E-state index is 12.5. The molecule has 1 unspecified atom stereocenters. The summed E-state index contributed by atoms with van der Waals surface area (Å²) < 4.78 is 0. The first-order chi connectivity index (χ1) is 11.9. The molecule has 0 spiro atoms. The van der Waals surface area contributed by atoms with E-state index in [-0.39, 0.29) is 30.1 Å². The van der Waals surface area contributed by atoms with Crippen LogP contribution in [0.5, 0.6) is 0 Å². The highest BCUT2D eigenvalue weighted by atomic mass is 35.5. The monoisotopic (exact) mass is 388 g/mol. The van der Waals surface area contributed by atoms with Crippen LogP contribution in [0, 0.1) is 5.92 Å². The number of nitrogens with two attached hydrogens (primary N) is 1. The summed E-state index contributed by atoms with van der Waals surface area (Å²) in [6.45, 7) is 9.39. The Hall–Kier alpha value is -0.850. The molecule has 6 nitrogen and oxygen atoms in total. The van der Waals surface area contributed by atoms with Crippen LogP contribution in [0.2, 0.25) is 0 Å². The highest BCUT2D eigenvalue weighted by molar-refractivity contribution is 5.86. The van der Waals surface area contributed by atoms with Crippen LogP contribution in [0.15, 0.2) is 0 Å². The molecule has 152 valence electrons. The summed E-state index contributed by atoms with van der Waals surface area (Å²) in [5.74, 6) is 0.211. The fraction of sp³-hybridized carbons (Fsp3) is 0.895. The zero-order valence-electron chi connectivity index (χ0n) is 16.5. The molecule has 1 atom stereocenters. The third-order valence-electron chi connectivity index (χ3n) is 5.56. The molecule has 3 N–H and O–H groups in total. The summed E-state index contributed by atoms with van der Waals surface area (Å²) in [7, 11) is 0. The lowest BCUT2D eigenvalue weighted by Gasteiger charge is -2.36. The van der Waals surface area contributed by atoms with Gasteiger partial charge in [-0.15, -0.1) is 12.4 Å². The van der Waals surface area contributed by atoms with Crippen molar-refractivity contribution in [3.63, 3.8) is 0 Å². The van der Waals surface area contributed by atoms with Gasteiger partial charge >= 0.3 is 0 Å². The summed E-state index contributed by atoms with van der Waals surface area (Å²) in [6, 6.07) is 0. The van der Waals surface area contributed by atoms with E-state index < -0.39 is 5.54 Å². The van der Waals surface area contributed by atoms with E-state index >= 15 is 0 Å². The Morgan fingerprint density at radius 2 is 1.77 bits per heavy atom. The van der Waals surface area contributed by atoms with Gasteiger partial charge in [-0.3, -0.25) is 9.59 Å². The van der Waals surface area contributed by atoms with E-state index in [9.17, 15) is 9.59 Å². The quantitative estimate of drug-likeness (QED) is 0.621. The summed E-state index contributed by atoms with van der Waals surface area (Å²) in [4.78, 5) is 29.1. The minimum Gasteiger partial charge on any atom is -0.356 e. The third kappa shape index (κ3) is 6.71. The van der Waals surface area contributed by atoms with Crippen LogP contribution >= 0.6 is 12.4 Å². The predicted octanol–water partition coefficient (Wildman–Crippen LogP) is 1.77. The molecule has 26 heavy (non-hydrogen) atoms. The van der Waals surface area contributed by atoms with Crippen LogP contribution in [0.4, 0.5) is 0 Å². The molecular formula is C19H37ClN4O2. The van der Waals surface area contributed by atoms with E-state index in [1.807, 2.05) is 18.7 Å². The van der Waals surface area contributed by atoms with Gasteiger partial charge < -0.3 is 20.9 Å². The van der Waals surface area contributed by atoms with Crippen LogP contribution in [-0.4, -0.2) is 66.4 Å². The van der Waals surface area contributed by atoms with Gasteiger partial charge in [-0.25, -0.2) is 0 Å². The molecule has 2 heterocycles. The zero-order valence-corrected chi connectivity index (χ0v) is 17.3. The van der Waals surface area contributed by atoms with Gasteiger partial charge in [0.05, 0.1) is 5.54 Å². The van der Waals surface area contributed by atoms with Crippen LogP contribution in [0.1, 0.15) is 58.8 Å². The van der Waals surface area contributed by atoms with Crippen molar-refractivity contribution < 1.29 is 9.59 Å². The second-order valence-corrected chi connectivity index (χ2v) is 7.93. The van der Waals surface area contributed by atoms with Gasteiger partial charge in [0.25, 0.3) is 0 Å². The topological polar surface area (TPSA) is 78.7 Å². The Kier molecular flexibility index (Phi) is 9.90. The van der Waals surface area contributed by atoms with Gasteiger partial charge in [-0.1, -0.05) is 13.3 Å². The van der Waals surface area contributed by atoms with Crippen molar-refractivity contribution >= 4 is 24.2 Å². The second-order valence-electron chi connectivity index (χ2n) is 7.93. The number of hydrogen-bond acceptors (Lipinski definition) is 4. The van der Waals surface area contributed by atoms with Crippen molar-refractivity contribution in [1.82, 2.24) is 15.1 Å². The Morgan fingerprint density at radius 1 is 1.15 bits per heavy atom. The molecule has 0 aromatic heterocycles. The number of rotatable bonds is 8. The van der Waals surface area contributed by atoms with E-state index in [0.717, 1.165) is 38.8 Å². The van der Waals surface area contributed by atoms with Crippen molar-refractivity contribution in [2.75, 3.05) is 39.3 Å². The SMILES string of the molecule is CCCC(C)(N)C(=O)N1CCC(C(=O)NCCCN2CCCC2)CC1.Cl. The fourth-order valence-corrected chi connectivity index (χ4v) is 4.00. The van der Waals surface area contributed by atoms with Gasteiger partial charge in [0.15, 0.2) is 0 Å². The number of nitrogens with one attached hydrogen (secondary N) is 1. The predicted molar refractivity (Wildman–Crippen MR) is 107 cm³/mol. The number of likely N-dealkylation sites (tertiary alicyclic amines) is 2. The van der Waals surface area contributed by atoms with E-state index in [1.54, 1.807) is 0 Å². The number of nitrogens with zero attached hydrogens (tertiary/aromatic N) is 2. The number of hydrogen-bond donors (Lipinski definition) is 2. The minimum atomic E-state index is -0.778. The zero-order chi connectivity index (χ0) is 18.3. The maximum atomic E-state index is 12.5. The highest BCUT2D eigenvalue weighted by Crippen LogP contribution is 2.21. The number of carbonyl (C=O) groups is 2. The minimum absolute atomic E-state index is 0. The van der Waals surface area contributed by atoms with Crippen molar-refractivity contribution in [2.24, 2.45) is 11.7 Å². The van der Waals surface area contributed by atoms with Crippen LogP contribution < -0.4 is 11.1 Å². The fourth-order valence-electron chi connectivity index (χ4n) is 4.00. The number of piperidine rings is 1. The molecule has 7 heteroatoms. The Morgan fingerprint density at radius 3 is 2.35 bits per heavy atom. The number of carbonyl (C=O) groups excluding carboxylic acids is 2. The number of amides is 2. The first kappa shape index (κ1) is 23.2. The molecule has 0 aromatic carbocycles. The first-order valence-electron chi connectivity index (χ1n) is 10.0. The summed E-state index contributed by atoms with van der Waals surface area (Å²) >= 11 is 0. The molecule has 0 radical (unpaired) electrons. The molecule has 2 saturated heterocycles. The van der Waals surface area contributed by atoms with Crippen LogP contribution in [0.3, 0.4) is 0 Å². The van der Waals surface area contributed by atoms with Gasteiger partial charge in [-0.05, 0) is 65.1 Å². The molecule has 2 aliphatic heterocycles. The molecule has 0 saturated carbocycles. The average Bonchev–Trinajstić information content (AvgIpc) is 3.11. The molecule has 2 fully saturated rings. The number of halogens is 1. The lowest BCUT2D eigenvalue weighted by Crippen LogP contribution is -2.55. The molecule has 0 aliphatic carbocycles. The van der Waals surface area contributed by atoms with Crippen molar-refractivity contribution in [2.45, 2.75) is 64.3 Å². The maximum Gasteiger partial charge on any atom is 0.242 e. The second kappa shape index (κ2) is 11.1. The largest absolute Gasteiger partial charge is 0.356 e. The summed E-state index contributed by atoms with van der Waals surface area (Å²) in [6.07, 6.45) is 6.72. The molecule has 2 rings (SSSR count). The van der Waals surface area contributed by atoms with Gasteiger partial charge in [0, 0.05) is 25.6 Å². The standard InChI is InChI=1S/C19H36N4O2.ClH/c1-3-9-19(2,20)18(25)23-14-7-16(8-15-23)17(24)21-10-6-13-22-11-4-5-12-22;/h16H,3-15,20H2,1-2H3,(H,21,24);1H. The van der Waals surface area contributed by atoms with E-state index in [4.69, 9.17) is 5.73 Å². The van der Waals surface area contributed by atoms with E-state index in [0.29, 0.717) is 19.5 Å². The Bertz CT molecular complexity index is 445. The van der Waals surface area contributed by atoms with Crippen molar-refractivity contribution in [1.29, 1.82) is 0 Å². The van der Waals surface area contributed by atoms with Gasteiger partial charge in [0.1, 0.15) is 0 Å². The van der Waals surface area contributed by atoms with E-state index in [2.05, 4.69) is 10.2 Å². The molecule has 2 amide bonds. The highest BCUT2D eigenvalue weighted by Gasteiger charge is 2.35. The third-order valence-corrected chi connectivity index (χ3v) is 5.56.